The van der Waals surface area contributed by atoms with E-state index in [4.69, 9.17) is 4.74 Å². The number of carbonyl (C=O) groups excluding carboxylic acids is 1. The van der Waals surface area contributed by atoms with Crippen molar-refractivity contribution in [3.63, 3.8) is 0 Å². The van der Waals surface area contributed by atoms with E-state index < -0.39 is 0 Å². The smallest absolute Gasteiger partial charge is 0.317 e. The van der Waals surface area contributed by atoms with Gasteiger partial charge < -0.3 is 4.74 Å². The molecule has 2 aromatic carbocycles. The molecule has 0 saturated carbocycles. The van der Waals surface area contributed by atoms with Crippen LogP contribution >= 0.6 is 12.4 Å². The highest BCUT2D eigenvalue weighted by Crippen LogP contribution is 2.26. The second kappa shape index (κ2) is 12.6. The molecule has 1 fully saturated rings. The van der Waals surface area contributed by atoms with Gasteiger partial charge in [-0.2, -0.15) is 0 Å². The Morgan fingerprint density at radius 2 is 1.25 bits per heavy atom. The monoisotopic (exact) mass is 401 g/mol. The zero-order valence-electron chi connectivity index (χ0n) is 16.6. The number of ether oxygens (including phenoxy) is 1. The lowest BCUT2D eigenvalue weighted by Crippen LogP contribution is -2.31. The average molecular weight is 402 g/mol. The van der Waals surface area contributed by atoms with Crippen molar-refractivity contribution >= 4 is 18.4 Å². The summed E-state index contributed by atoms with van der Waals surface area (Å²) in [6.45, 7) is 3.55. The van der Waals surface area contributed by atoms with Crippen LogP contribution in [0, 0.1) is 0 Å². The SMILES string of the molecule is Cl.O=C(OCCN1CCCCCCCC1)C(c1ccccc1)c1ccccc1. The number of benzene rings is 2. The van der Waals surface area contributed by atoms with Crippen molar-refractivity contribution in [2.75, 3.05) is 26.2 Å². The molecule has 152 valence electrons. The van der Waals surface area contributed by atoms with E-state index in [2.05, 4.69) is 4.90 Å². The fraction of sp³-hybridized carbons (Fsp3) is 0.458. The van der Waals surface area contributed by atoms with Crippen molar-refractivity contribution in [2.45, 2.75) is 44.4 Å². The molecule has 1 aliphatic heterocycles. The van der Waals surface area contributed by atoms with Gasteiger partial charge in [-0.15, -0.1) is 12.4 Å². The third-order valence-corrected chi connectivity index (χ3v) is 5.35. The summed E-state index contributed by atoms with van der Waals surface area (Å²) in [6, 6.07) is 19.8. The third kappa shape index (κ3) is 6.96. The molecule has 0 radical (unpaired) electrons. The third-order valence-electron chi connectivity index (χ3n) is 5.35. The van der Waals surface area contributed by atoms with Gasteiger partial charge in [-0.3, -0.25) is 9.69 Å². The Kier molecular flexibility index (Phi) is 10.1. The fourth-order valence-electron chi connectivity index (χ4n) is 3.83. The number of hydrogen-bond acceptors (Lipinski definition) is 3. The summed E-state index contributed by atoms with van der Waals surface area (Å²) in [5.41, 5.74) is 1.97. The molecule has 2 aromatic rings. The molecule has 1 aliphatic rings. The molecule has 1 heterocycles. The van der Waals surface area contributed by atoms with Crippen molar-refractivity contribution in [2.24, 2.45) is 0 Å². The van der Waals surface area contributed by atoms with E-state index in [-0.39, 0.29) is 24.3 Å². The van der Waals surface area contributed by atoms with Crippen LogP contribution in [0.5, 0.6) is 0 Å². The number of hydrogen-bond donors (Lipinski definition) is 0. The molecule has 3 rings (SSSR count). The van der Waals surface area contributed by atoms with E-state index >= 15 is 0 Å². The van der Waals surface area contributed by atoms with Gasteiger partial charge in [0.25, 0.3) is 0 Å². The molecule has 0 spiro atoms. The molecule has 0 aromatic heterocycles. The topological polar surface area (TPSA) is 29.5 Å². The average Bonchev–Trinajstić information content (AvgIpc) is 2.84. The van der Waals surface area contributed by atoms with Crippen LogP contribution in [0.1, 0.15) is 55.6 Å². The number of halogens is 1. The zero-order valence-corrected chi connectivity index (χ0v) is 17.4. The lowest BCUT2D eigenvalue weighted by atomic mass is 9.91. The summed E-state index contributed by atoms with van der Waals surface area (Å²) < 4.78 is 5.74. The van der Waals surface area contributed by atoms with Gasteiger partial charge in [0.1, 0.15) is 12.5 Å². The predicted molar refractivity (Wildman–Crippen MR) is 117 cm³/mol. The van der Waals surface area contributed by atoms with Gasteiger partial charge in [0.15, 0.2) is 0 Å². The Hall–Kier alpha value is -1.84. The number of rotatable bonds is 6. The summed E-state index contributed by atoms with van der Waals surface area (Å²) in [5, 5.41) is 0. The molecule has 0 bridgehead atoms. The fourth-order valence-corrected chi connectivity index (χ4v) is 3.83. The number of esters is 1. The first-order chi connectivity index (χ1) is 13.3. The molecular weight excluding hydrogens is 370 g/mol. The lowest BCUT2D eigenvalue weighted by Gasteiger charge is -2.22. The van der Waals surface area contributed by atoms with Crippen LogP contribution in [0.15, 0.2) is 60.7 Å². The summed E-state index contributed by atoms with van der Waals surface area (Å²) in [6.07, 6.45) is 7.87. The maximum Gasteiger partial charge on any atom is 0.317 e. The van der Waals surface area contributed by atoms with E-state index in [0.717, 1.165) is 30.8 Å². The van der Waals surface area contributed by atoms with Gasteiger partial charge in [0, 0.05) is 6.54 Å². The normalized spacial score (nSPS) is 15.8. The Labute approximate surface area is 175 Å². The van der Waals surface area contributed by atoms with Gasteiger partial charge >= 0.3 is 5.97 Å². The van der Waals surface area contributed by atoms with Gasteiger partial charge in [0.05, 0.1) is 0 Å². The molecule has 0 unspecified atom stereocenters. The molecule has 0 N–H and O–H groups in total. The summed E-state index contributed by atoms with van der Waals surface area (Å²) in [7, 11) is 0. The van der Waals surface area contributed by atoms with Gasteiger partial charge in [-0.1, -0.05) is 86.3 Å². The summed E-state index contributed by atoms with van der Waals surface area (Å²) >= 11 is 0. The molecule has 3 nitrogen and oxygen atoms in total. The zero-order chi connectivity index (χ0) is 18.7. The van der Waals surface area contributed by atoms with Gasteiger partial charge in [-0.05, 0) is 37.1 Å². The van der Waals surface area contributed by atoms with Crippen LogP contribution in [0.2, 0.25) is 0 Å². The quantitative estimate of drug-likeness (QED) is 0.603. The van der Waals surface area contributed by atoms with E-state index in [0.29, 0.717) is 6.61 Å². The molecule has 4 heteroatoms. The van der Waals surface area contributed by atoms with Crippen LogP contribution in [-0.4, -0.2) is 37.1 Å². The van der Waals surface area contributed by atoms with Crippen molar-refractivity contribution in [1.82, 2.24) is 4.90 Å². The minimum atomic E-state index is -0.358. The van der Waals surface area contributed by atoms with Gasteiger partial charge in [-0.25, -0.2) is 0 Å². The largest absolute Gasteiger partial charge is 0.464 e. The second-order valence-corrected chi connectivity index (χ2v) is 7.38. The maximum absolute atomic E-state index is 12.9. The second-order valence-electron chi connectivity index (χ2n) is 7.38. The first-order valence-electron chi connectivity index (χ1n) is 10.3. The highest BCUT2D eigenvalue weighted by molar-refractivity contribution is 5.85. The molecule has 0 amide bonds. The molecule has 0 aliphatic carbocycles. The van der Waals surface area contributed by atoms with Crippen LogP contribution in [0.4, 0.5) is 0 Å². The first kappa shape index (κ1) is 22.4. The van der Waals surface area contributed by atoms with Crippen LogP contribution in [0.3, 0.4) is 0 Å². The standard InChI is InChI=1S/C24H31NO2.ClH/c26-24(27-20-19-25-17-11-3-1-2-4-12-18-25)23(21-13-7-5-8-14-21)22-15-9-6-10-16-22;/h5-10,13-16,23H,1-4,11-12,17-20H2;1H. The number of carbonyl (C=O) groups is 1. The van der Waals surface area contributed by atoms with Crippen LogP contribution in [0.25, 0.3) is 0 Å². The minimum Gasteiger partial charge on any atom is -0.464 e. The maximum atomic E-state index is 12.9. The van der Waals surface area contributed by atoms with Crippen LogP contribution < -0.4 is 0 Å². The predicted octanol–water partition coefficient (Wildman–Crippen LogP) is 5.44. The Morgan fingerprint density at radius 3 is 1.75 bits per heavy atom. The summed E-state index contributed by atoms with van der Waals surface area (Å²) in [4.78, 5) is 15.4. The first-order valence-corrected chi connectivity index (χ1v) is 10.3. The Balaban J connectivity index is 0.00000280. The minimum absolute atomic E-state index is 0. The van der Waals surface area contributed by atoms with Crippen LogP contribution in [-0.2, 0) is 9.53 Å². The van der Waals surface area contributed by atoms with Crippen molar-refractivity contribution in [3.8, 4) is 0 Å². The van der Waals surface area contributed by atoms with E-state index in [1.165, 1.54) is 38.5 Å². The van der Waals surface area contributed by atoms with Crippen molar-refractivity contribution in [3.05, 3.63) is 71.8 Å². The molecular formula is C24H32ClNO2. The number of nitrogens with zero attached hydrogens (tertiary/aromatic N) is 1. The van der Waals surface area contributed by atoms with Gasteiger partial charge in [0.2, 0.25) is 0 Å². The van der Waals surface area contributed by atoms with E-state index in [1.54, 1.807) is 0 Å². The Morgan fingerprint density at radius 1 is 0.786 bits per heavy atom. The Bertz CT molecular complexity index is 628. The molecule has 1 saturated heterocycles. The highest BCUT2D eigenvalue weighted by atomic mass is 35.5. The lowest BCUT2D eigenvalue weighted by molar-refractivity contribution is -0.144. The highest BCUT2D eigenvalue weighted by Gasteiger charge is 2.24. The van der Waals surface area contributed by atoms with E-state index in [9.17, 15) is 4.79 Å². The molecule has 0 atom stereocenters. The molecule has 28 heavy (non-hydrogen) atoms. The van der Waals surface area contributed by atoms with Crippen molar-refractivity contribution < 1.29 is 9.53 Å². The van der Waals surface area contributed by atoms with Crippen molar-refractivity contribution in [1.29, 1.82) is 0 Å². The summed E-state index contributed by atoms with van der Waals surface area (Å²) in [5.74, 6) is -0.514. The van der Waals surface area contributed by atoms with E-state index in [1.807, 2.05) is 60.7 Å².